The van der Waals surface area contributed by atoms with Gasteiger partial charge in [0.05, 0.1) is 17.8 Å². The van der Waals surface area contributed by atoms with Gasteiger partial charge in [0.15, 0.2) is 0 Å². The van der Waals surface area contributed by atoms with Gasteiger partial charge in [-0.1, -0.05) is 36.4 Å². The molecule has 2 aromatic carbocycles. The van der Waals surface area contributed by atoms with Crippen molar-refractivity contribution in [3.8, 4) is 0 Å². The number of hydrogen-bond donors (Lipinski definition) is 1. The van der Waals surface area contributed by atoms with Crippen LogP contribution in [-0.4, -0.2) is 20.7 Å². The normalized spacial score (nSPS) is 11.2. The Morgan fingerprint density at radius 1 is 1.12 bits per heavy atom. The average molecular weight is 348 g/mol. The fourth-order valence-corrected chi connectivity index (χ4v) is 3.06. The molecule has 0 saturated carbocycles. The average Bonchev–Trinajstić information content (AvgIpc) is 3.04. The summed E-state index contributed by atoms with van der Waals surface area (Å²) in [6.07, 6.45) is 0. The molecule has 130 valence electrons. The molecular weight excluding hydrogens is 331 g/mol. The summed E-state index contributed by atoms with van der Waals surface area (Å²) in [7, 11) is 0. The molecule has 0 bridgehead atoms. The van der Waals surface area contributed by atoms with E-state index in [0.717, 1.165) is 23.1 Å². The largest absolute Gasteiger partial charge is 0.345 e. The SMILES string of the molecule is CCn1nc(CNC(=O)c2ccc3cccc(F)c3n2)c2ccccc21. The number of rotatable bonds is 4. The van der Waals surface area contributed by atoms with Gasteiger partial charge in [0.2, 0.25) is 0 Å². The fourth-order valence-electron chi connectivity index (χ4n) is 3.06. The van der Waals surface area contributed by atoms with Crippen LogP contribution in [0.1, 0.15) is 23.1 Å². The Morgan fingerprint density at radius 3 is 2.81 bits per heavy atom. The number of aryl methyl sites for hydroxylation is 1. The fraction of sp³-hybridized carbons (Fsp3) is 0.150. The Hall–Kier alpha value is -3.28. The molecule has 0 atom stereocenters. The maximum absolute atomic E-state index is 13.9. The molecule has 0 aliphatic heterocycles. The van der Waals surface area contributed by atoms with Gasteiger partial charge in [-0.25, -0.2) is 9.37 Å². The van der Waals surface area contributed by atoms with Gasteiger partial charge in [-0.05, 0) is 25.1 Å². The molecule has 0 fully saturated rings. The highest BCUT2D eigenvalue weighted by molar-refractivity contribution is 5.95. The summed E-state index contributed by atoms with van der Waals surface area (Å²) in [6.45, 7) is 3.05. The molecule has 0 spiro atoms. The predicted octanol–water partition coefficient (Wildman–Crippen LogP) is 3.67. The molecule has 6 heteroatoms. The van der Waals surface area contributed by atoms with Crippen molar-refractivity contribution in [2.75, 3.05) is 0 Å². The third kappa shape index (κ3) is 2.79. The minimum absolute atomic E-state index is 0.182. The second kappa shape index (κ2) is 6.55. The van der Waals surface area contributed by atoms with Gasteiger partial charge in [0.25, 0.3) is 5.91 Å². The van der Waals surface area contributed by atoms with Crippen molar-refractivity contribution in [2.24, 2.45) is 0 Å². The highest BCUT2D eigenvalue weighted by Gasteiger charge is 2.13. The Morgan fingerprint density at radius 2 is 1.96 bits per heavy atom. The van der Waals surface area contributed by atoms with Crippen molar-refractivity contribution in [2.45, 2.75) is 20.0 Å². The van der Waals surface area contributed by atoms with Gasteiger partial charge in [-0.15, -0.1) is 0 Å². The molecule has 1 N–H and O–H groups in total. The minimum Gasteiger partial charge on any atom is -0.345 e. The van der Waals surface area contributed by atoms with E-state index < -0.39 is 5.82 Å². The minimum atomic E-state index is -0.440. The first-order valence-electron chi connectivity index (χ1n) is 8.45. The first-order chi connectivity index (χ1) is 12.7. The number of halogens is 1. The maximum Gasteiger partial charge on any atom is 0.270 e. The molecular formula is C20H17FN4O. The van der Waals surface area contributed by atoms with Gasteiger partial charge in [-0.2, -0.15) is 5.10 Å². The summed E-state index contributed by atoms with van der Waals surface area (Å²) < 4.78 is 15.8. The van der Waals surface area contributed by atoms with E-state index in [4.69, 9.17) is 0 Å². The van der Waals surface area contributed by atoms with Crippen LogP contribution < -0.4 is 5.32 Å². The molecule has 1 amide bonds. The van der Waals surface area contributed by atoms with Gasteiger partial charge < -0.3 is 5.32 Å². The number of para-hydroxylation sites is 2. The molecule has 5 nitrogen and oxygen atoms in total. The molecule has 0 aliphatic carbocycles. The zero-order chi connectivity index (χ0) is 18.1. The summed E-state index contributed by atoms with van der Waals surface area (Å²) in [6, 6.07) is 15.9. The number of nitrogens with zero attached hydrogens (tertiary/aromatic N) is 3. The van der Waals surface area contributed by atoms with Crippen LogP contribution in [0, 0.1) is 5.82 Å². The molecule has 4 aromatic rings. The van der Waals surface area contributed by atoms with E-state index in [1.807, 2.05) is 35.9 Å². The summed E-state index contributed by atoms with van der Waals surface area (Å²) in [5.41, 5.74) is 2.20. The van der Waals surface area contributed by atoms with Crippen LogP contribution in [0.25, 0.3) is 21.8 Å². The first-order valence-corrected chi connectivity index (χ1v) is 8.45. The van der Waals surface area contributed by atoms with Crippen LogP contribution in [0.2, 0.25) is 0 Å². The molecule has 2 heterocycles. The predicted molar refractivity (Wildman–Crippen MR) is 98.3 cm³/mol. The van der Waals surface area contributed by atoms with Gasteiger partial charge >= 0.3 is 0 Å². The number of pyridine rings is 1. The van der Waals surface area contributed by atoms with E-state index >= 15 is 0 Å². The summed E-state index contributed by atoms with van der Waals surface area (Å²) in [5.74, 6) is -0.796. The van der Waals surface area contributed by atoms with E-state index in [-0.39, 0.29) is 23.7 Å². The standard InChI is InChI=1S/C20H17FN4O/c1-2-25-18-9-4-3-7-14(18)17(24-25)12-22-20(26)16-11-10-13-6-5-8-15(21)19(13)23-16/h3-11H,2,12H2,1H3,(H,22,26). The second-order valence-corrected chi connectivity index (χ2v) is 5.97. The number of hydrogen-bond acceptors (Lipinski definition) is 3. The Bertz CT molecular complexity index is 1120. The van der Waals surface area contributed by atoms with Crippen LogP contribution in [0.5, 0.6) is 0 Å². The molecule has 4 rings (SSSR count). The summed E-state index contributed by atoms with van der Waals surface area (Å²) in [5, 5.41) is 9.06. The lowest BCUT2D eigenvalue weighted by Gasteiger charge is -2.05. The zero-order valence-corrected chi connectivity index (χ0v) is 14.2. The second-order valence-electron chi connectivity index (χ2n) is 5.97. The van der Waals surface area contributed by atoms with Crippen molar-refractivity contribution < 1.29 is 9.18 Å². The molecule has 0 radical (unpaired) electrons. The van der Waals surface area contributed by atoms with Crippen molar-refractivity contribution in [1.82, 2.24) is 20.1 Å². The van der Waals surface area contributed by atoms with E-state index in [0.29, 0.717) is 5.39 Å². The summed E-state index contributed by atoms with van der Waals surface area (Å²) >= 11 is 0. The van der Waals surface area contributed by atoms with Gasteiger partial charge in [0.1, 0.15) is 17.0 Å². The number of nitrogens with one attached hydrogen (secondary N) is 1. The van der Waals surface area contributed by atoms with Gasteiger partial charge in [0, 0.05) is 17.3 Å². The molecule has 26 heavy (non-hydrogen) atoms. The summed E-state index contributed by atoms with van der Waals surface area (Å²) in [4.78, 5) is 16.6. The highest BCUT2D eigenvalue weighted by Crippen LogP contribution is 2.19. The van der Waals surface area contributed by atoms with E-state index in [2.05, 4.69) is 15.4 Å². The lowest BCUT2D eigenvalue weighted by atomic mass is 10.2. The highest BCUT2D eigenvalue weighted by atomic mass is 19.1. The van der Waals surface area contributed by atoms with Crippen LogP contribution in [0.3, 0.4) is 0 Å². The van der Waals surface area contributed by atoms with Crippen molar-refractivity contribution >= 4 is 27.7 Å². The van der Waals surface area contributed by atoms with E-state index in [1.165, 1.54) is 6.07 Å². The van der Waals surface area contributed by atoms with Gasteiger partial charge in [-0.3, -0.25) is 9.48 Å². The van der Waals surface area contributed by atoms with Crippen LogP contribution in [-0.2, 0) is 13.1 Å². The Kier molecular flexibility index (Phi) is 4.08. The smallest absolute Gasteiger partial charge is 0.270 e. The molecule has 0 unspecified atom stereocenters. The van der Waals surface area contributed by atoms with Crippen LogP contribution in [0.15, 0.2) is 54.6 Å². The van der Waals surface area contributed by atoms with Crippen molar-refractivity contribution in [3.05, 3.63) is 71.8 Å². The number of fused-ring (bicyclic) bond motifs is 2. The van der Waals surface area contributed by atoms with E-state index in [1.54, 1.807) is 24.3 Å². The zero-order valence-electron chi connectivity index (χ0n) is 14.2. The first kappa shape index (κ1) is 16.2. The topological polar surface area (TPSA) is 59.8 Å². The van der Waals surface area contributed by atoms with E-state index in [9.17, 15) is 9.18 Å². The van der Waals surface area contributed by atoms with Crippen LogP contribution >= 0.6 is 0 Å². The van der Waals surface area contributed by atoms with Crippen molar-refractivity contribution in [3.63, 3.8) is 0 Å². The number of benzene rings is 2. The monoisotopic (exact) mass is 348 g/mol. The Labute approximate surface area is 149 Å². The number of carbonyl (C=O) groups is 1. The number of aromatic nitrogens is 3. The maximum atomic E-state index is 13.9. The number of carbonyl (C=O) groups excluding carboxylic acids is 1. The van der Waals surface area contributed by atoms with Crippen LogP contribution in [0.4, 0.5) is 4.39 Å². The van der Waals surface area contributed by atoms with Crippen molar-refractivity contribution in [1.29, 1.82) is 0 Å². The molecule has 2 aromatic heterocycles. The third-order valence-corrected chi connectivity index (χ3v) is 4.35. The Balaban J connectivity index is 1.59. The lowest BCUT2D eigenvalue weighted by molar-refractivity contribution is 0.0946. The third-order valence-electron chi connectivity index (χ3n) is 4.35. The quantitative estimate of drug-likeness (QED) is 0.612. The number of amides is 1. The molecule has 0 saturated heterocycles. The lowest BCUT2D eigenvalue weighted by Crippen LogP contribution is -2.24. The molecule has 0 aliphatic rings.